The van der Waals surface area contributed by atoms with Crippen molar-refractivity contribution < 1.29 is 47.5 Å². The maximum absolute atomic E-state index is 14.9. The molecule has 0 radical (unpaired) electrons. The van der Waals surface area contributed by atoms with E-state index < -0.39 is 49.0 Å². The van der Waals surface area contributed by atoms with E-state index >= 15 is 0 Å². The summed E-state index contributed by atoms with van der Waals surface area (Å²) in [5, 5.41) is 3.56. The highest BCUT2D eigenvalue weighted by atomic mass is 16.7. The first-order chi connectivity index (χ1) is 51.4. The number of benzene rings is 6. The molecule has 1 heterocycles. The molecule has 1 fully saturated rings. The summed E-state index contributed by atoms with van der Waals surface area (Å²) in [6, 6.07) is 60.7. The molecule has 0 saturated carbocycles. The third kappa shape index (κ3) is 36.5. The number of hydrogen-bond acceptors (Lipinski definition) is 10. The minimum Gasteiger partial charge on any atom is -0.374 e. The van der Waals surface area contributed by atoms with Crippen LogP contribution in [0.3, 0.4) is 0 Å². The molecule has 572 valence electrons. The van der Waals surface area contributed by atoms with Gasteiger partial charge in [-0.2, -0.15) is 0 Å². The fourth-order valence-corrected chi connectivity index (χ4v) is 14.1. The predicted octanol–water partition coefficient (Wildman–Crippen LogP) is 22.1. The van der Waals surface area contributed by atoms with Gasteiger partial charge >= 0.3 is 0 Å². The number of carbonyl (C=O) groups excluding carboxylic acids is 2. The molecule has 1 saturated heterocycles. The molecule has 8 atom stereocenters. The Morgan fingerprint density at radius 2 is 0.740 bits per heavy atom. The van der Waals surface area contributed by atoms with Gasteiger partial charge in [0, 0.05) is 26.4 Å². The molecule has 1 aliphatic rings. The van der Waals surface area contributed by atoms with Gasteiger partial charge in [0.1, 0.15) is 30.5 Å². The van der Waals surface area contributed by atoms with Crippen LogP contribution in [0, 0.1) is 0 Å². The van der Waals surface area contributed by atoms with Crippen molar-refractivity contribution in [3.8, 4) is 0 Å². The van der Waals surface area contributed by atoms with Crippen LogP contribution in [0.5, 0.6) is 0 Å². The van der Waals surface area contributed by atoms with Crippen LogP contribution in [0.25, 0.3) is 0 Å². The lowest BCUT2D eigenvalue weighted by atomic mass is 9.97. The van der Waals surface area contributed by atoms with Gasteiger partial charge in [-0.25, -0.2) is 0 Å². The number of amides is 2. The highest BCUT2D eigenvalue weighted by Gasteiger charge is 2.50. The van der Waals surface area contributed by atoms with Crippen molar-refractivity contribution in [2.75, 3.05) is 26.8 Å². The molecule has 0 aromatic heterocycles. The van der Waals surface area contributed by atoms with Gasteiger partial charge in [0.25, 0.3) is 0 Å². The van der Waals surface area contributed by atoms with E-state index in [1.807, 2.05) is 109 Å². The first kappa shape index (κ1) is 85.2. The van der Waals surface area contributed by atoms with Crippen molar-refractivity contribution in [1.29, 1.82) is 0 Å². The molecule has 1 aliphatic heterocycles. The molecular weight excluding hydrogens is 1290 g/mol. The number of ether oxygens (including phenoxy) is 8. The van der Waals surface area contributed by atoms with Crippen molar-refractivity contribution >= 4 is 11.8 Å². The molecule has 2 amide bonds. The zero-order valence-electron chi connectivity index (χ0n) is 64.4. The normalized spacial score (nSPS) is 16.8. The summed E-state index contributed by atoms with van der Waals surface area (Å²) in [5.41, 5.74) is 6.12. The van der Waals surface area contributed by atoms with Gasteiger partial charge in [-0.3, -0.25) is 9.59 Å². The van der Waals surface area contributed by atoms with Gasteiger partial charge in [-0.05, 0) is 59.1 Å². The lowest BCUT2D eigenvalue weighted by Gasteiger charge is -2.46. The quantitative estimate of drug-likeness (QED) is 0.0369. The molecule has 12 nitrogen and oxygen atoms in total. The van der Waals surface area contributed by atoms with E-state index in [1.165, 1.54) is 128 Å². The van der Waals surface area contributed by atoms with Gasteiger partial charge in [0.2, 0.25) is 11.8 Å². The number of unbranched alkanes of at least 4 members (excludes halogenated alkanes) is 28. The fourth-order valence-electron chi connectivity index (χ4n) is 14.1. The Balaban J connectivity index is 1.09. The molecule has 0 bridgehead atoms. The summed E-state index contributed by atoms with van der Waals surface area (Å²) in [5.74, 6) is 0.235. The van der Waals surface area contributed by atoms with E-state index in [-0.39, 0.29) is 32.3 Å². The van der Waals surface area contributed by atoms with Crippen molar-refractivity contribution in [2.24, 2.45) is 0 Å². The number of rotatable bonds is 61. The fraction of sp³-hybridized carbons (Fsp3) is 0.587. The Hall–Kier alpha value is -6.06. The van der Waals surface area contributed by atoms with Crippen LogP contribution in [0.4, 0.5) is 0 Å². The van der Waals surface area contributed by atoms with Crippen LogP contribution in [0.2, 0.25) is 0 Å². The summed E-state index contributed by atoms with van der Waals surface area (Å²) in [4.78, 5) is 29.8. The highest BCUT2D eigenvalue weighted by molar-refractivity contribution is 5.76. The van der Waals surface area contributed by atoms with Gasteiger partial charge < -0.3 is 48.1 Å². The SMILES string of the molecule is CCCCCCCCCCCCCC[C@@H](OCc1ccccc1)[C@@H](OCc1ccccc1)[C@H](CO[C@H]1O[C@H](COCc2ccccc2)[C@H](OCc2ccccc2)[C@H](OCc2ccccc2)[C@H]1OCc1ccccc1)NC(=O)CCCCCCCCCCCN(C)C(=O)CCCCCCCCCCCC. The average molecular weight is 1430 g/mol. The van der Waals surface area contributed by atoms with Crippen molar-refractivity contribution in [1.82, 2.24) is 10.2 Å². The molecule has 1 N–H and O–H groups in total. The molecule has 0 spiro atoms. The predicted molar refractivity (Wildman–Crippen MR) is 424 cm³/mol. The summed E-state index contributed by atoms with van der Waals surface area (Å²) in [6.45, 7) is 7.44. The minimum absolute atomic E-state index is 0.00916. The van der Waals surface area contributed by atoms with Gasteiger partial charge in [-0.15, -0.1) is 0 Å². The Bertz CT molecular complexity index is 3000. The zero-order valence-corrected chi connectivity index (χ0v) is 64.4. The number of hydrogen-bond donors (Lipinski definition) is 1. The first-order valence-corrected chi connectivity index (χ1v) is 41.1. The van der Waals surface area contributed by atoms with Crippen LogP contribution in [0.15, 0.2) is 182 Å². The summed E-state index contributed by atoms with van der Waals surface area (Å²) >= 11 is 0. The number of carbonyl (C=O) groups is 2. The van der Waals surface area contributed by atoms with E-state index in [0.717, 1.165) is 117 Å². The van der Waals surface area contributed by atoms with Crippen LogP contribution in [0.1, 0.15) is 266 Å². The zero-order chi connectivity index (χ0) is 72.8. The highest BCUT2D eigenvalue weighted by Crippen LogP contribution is 2.33. The molecule has 104 heavy (non-hydrogen) atoms. The van der Waals surface area contributed by atoms with Crippen molar-refractivity contribution in [3.63, 3.8) is 0 Å². The Labute approximate surface area is 629 Å². The summed E-state index contributed by atoms with van der Waals surface area (Å²) in [6.07, 6.45) is 34.1. The van der Waals surface area contributed by atoms with Gasteiger partial charge in [0.05, 0.1) is 65.0 Å². The second-order valence-electron chi connectivity index (χ2n) is 29.3. The number of nitrogens with one attached hydrogen (secondary N) is 1. The standard InChI is InChI=1S/C92H134N2O10/c1-4-6-8-10-12-14-16-17-19-23-27-49-65-84(98-70-78-55-39-32-40-56-78)88(99-71-79-57-41-33-42-58-79)83(93-86(95)66-50-28-24-20-18-22-26-30-52-68-94(3)87(96)67-51-29-25-21-15-13-11-9-7-5-2)75-103-92-91(102-74-82-63-47-36-48-64-82)90(101-73-81-61-45-35-46-62-81)89(100-72-80-59-43-34-44-60-80)85(104-92)76-97-69-77-53-37-31-38-54-77/h31-48,53-64,83-85,88-92H,4-30,49-52,65-76H2,1-3H3,(H,93,95)/t83-,84+,85+,88-,89-,90-,91+,92-/m0/s1. The second-order valence-corrected chi connectivity index (χ2v) is 29.3. The first-order valence-electron chi connectivity index (χ1n) is 41.1. The Kier molecular flexibility index (Phi) is 45.4. The third-order valence-corrected chi connectivity index (χ3v) is 20.4. The molecule has 12 heteroatoms. The lowest BCUT2D eigenvalue weighted by molar-refractivity contribution is -0.330. The van der Waals surface area contributed by atoms with Crippen LogP contribution >= 0.6 is 0 Å². The third-order valence-electron chi connectivity index (χ3n) is 20.4. The lowest BCUT2D eigenvalue weighted by Crippen LogP contribution is -2.62. The topological polar surface area (TPSA) is 123 Å². The maximum Gasteiger partial charge on any atom is 0.222 e. The summed E-state index contributed by atoms with van der Waals surface area (Å²) in [7, 11) is 1.98. The van der Waals surface area contributed by atoms with E-state index in [4.69, 9.17) is 37.9 Å². The van der Waals surface area contributed by atoms with Crippen LogP contribution in [-0.2, 0) is 87.1 Å². The largest absolute Gasteiger partial charge is 0.374 e. The summed E-state index contributed by atoms with van der Waals surface area (Å²) < 4.78 is 57.1. The molecule has 0 aliphatic carbocycles. The Morgan fingerprint density at radius 3 is 1.18 bits per heavy atom. The van der Waals surface area contributed by atoms with E-state index in [0.29, 0.717) is 45.2 Å². The molecule has 6 aromatic rings. The molecular formula is C92H134N2O10. The smallest absolute Gasteiger partial charge is 0.222 e. The van der Waals surface area contributed by atoms with Gasteiger partial charge in [0.15, 0.2) is 6.29 Å². The van der Waals surface area contributed by atoms with Gasteiger partial charge in [-0.1, -0.05) is 376 Å². The maximum atomic E-state index is 14.9. The molecule has 0 unspecified atom stereocenters. The van der Waals surface area contributed by atoms with Crippen molar-refractivity contribution in [3.05, 3.63) is 215 Å². The van der Waals surface area contributed by atoms with E-state index in [1.54, 1.807) is 0 Å². The monoisotopic (exact) mass is 1430 g/mol. The second kappa shape index (κ2) is 55.4. The minimum atomic E-state index is -1.02. The Morgan fingerprint density at radius 1 is 0.385 bits per heavy atom. The van der Waals surface area contributed by atoms with Crippen LogP contribution < -0.4 is 5.32 Å². The van der Waals surface area contributed by atoms with E-state index in [2.05, 4.69) is 104 Å². The molecule has 6 aromatic carbocycles. The van der Waals surface area contributed by atoms with Crippen LogP contribution in [-0.4, -0.2) is 92.5 Å². The molecule has 7 rings (SSSR count). The number of nitrogens with zero attached hydrogens (tertiary/aromatic N) is 1. The van der Waals surface area contributed by atoms with Crippen molar-refractivity contribution in [2.45, 2.75) is 321 Å². The average Bonchev–Trinajstić information content (AvgIpc) is 0.786. The van der Waals surface area contributed by atoms with E-state index in [9.17, 15) is 9.59 Å².